The summed E-state index contributed by atoms with van der Waals surface area (Å²) in [6, 6.07) is 0. The summed E-state index contributed by atoms with van der Waals surface area (Å²) in [4.78, 5) is 23.2. The molecule has 0 heterocycles. The molecule has 0 fully saturated rings. The largest absolute Gasteiger partial charge is 0.444 e. The first-order valence-corrected chi connectivity index (χ1v) is 12.8. The van der Waals surface area contributed by atoms with E-state index in [1.165, 1.54) is 0 Å². The van der Waals surface area contributed by atoms with Crippen LogP contribution in [0, 0.1) is 5.92 Å². The van der Waals surface area contributed by atoms with Crippen LogP contribution in [0.1, 0.15) is 62.3 Å². The predicted molar refractivity (Wildman–Crippen MR) is 119 cm³/mol. The first kappa shape index (κ1) is 26.6. The fourth-order valence-electron chi connectivity index (χ4n) is 2.13. The molecule has 0 saturated heterocycles. The molecule has 1 N–H and O–H groups in total. The summed E-state index contributed by atoms with van der Waals surface area (Å²) in [5, 5.41) is 2.81. The number of carbonyl (C=O) groups excluding carboxylic acids is 2. The van der Waals surface area contributed by atoms with Gasteiger partial charge in [0, 0.05) is 12.5 Å². The number of carbonyl (C=O) groups is 2. The van der Waals surface area contributed by atoms with E-state index < -0.39 is 20.0 Å². The molecule has 0 aliphatic carbocycles. The number of rotatable bonds is 8. The number of alkyl carbamates (subject to hydrolysis) is 1. The molecule has 0 aliphatic heterocycles. The average molecular weight is 412 g/mol. The Hall–Kier alpha value is -1.40. The smallest absolute Gasteiger partial charge is 0.407 e. The van der Waals surface area contributed by atoms with Gasteiger partial charge in [-0.05, 0) is 58.3 Å². The first-order valence-electron chi connectivity index (χ1n) is 9.94. The Labute approximate surface area is 173 Å². The molecule has 0 radical (unpaired) electrons. The molecular weight excluding hydrogens is 370 g/mol. The molecular formula is C22H41NO4Si. The second-order valence-corrected chi connectivity index (χ2v) is 14.8. The van der Waals surface area contributed by atoms with Crippen molar-refractivity contribution in [1.82, 2.24) is 5.32 Å². The van der Waals surface area contributed by atoms with Gasteiger partial charge in [-0.3, -0.25) is 0 Å². The van der Waals surface area contributed by atoms with Crippen LogP contribution in [-0.2, 0) is 14.0 Å². The Kier molecular flexibility index (Phi) is 9.87. The minimum atomic E-state index is -2.01. The van der Waals surface area contributed by atoms with Crippen molar-refractivity contribution in [3.8, 4) is 0 Å². The molecule has 0 aliphatic rings. The van der Waals surface area contributed by atoms with Crippen molar-refractivity contribution in [2.75, 3.05) is 6.54 Å². The van der Waals surface area contributed by atoms with Crippen LogP contribution in [-0.4, -0.2) is 38.9 Å². The maximum atomic E-state index is 11.8. The topological polar surface area (TPSA) is 64.6 Å². The van der Waals surface area contributed by atoms with E-state index >= 15 is 0 Å². The van der Waals surface area contributed by atoms with Crippen molar-refractivity contribution < 1.29 is 18.8 Å². The molecule has 0 bridgehead atoms. The normalized spacial score (nSPS) is 16.4. The molecule has 6 heteroatoms. The molecule has 0 unspecified atom stereocenters. The van der Waals surface area contributed by atoms with Crippen molar-refractivity contribution in [3.05, 3.63) is 23.3 Å². The van der Waals surface area contributed by atoms with Crippen LogP contribution < -0.4 is 5.32 Å². The van der Waals surface area contributed by atoms with Crippen molar-refractivity contribution in [2.24, 2.45) is 5.92 Å². The van der Waals surface area contributed by atoms with Gasteiger partial charge in [-0.1, -0.05) is 45.4 Å². The number of aldehydes is 1. The maximum absolute atomic E-state index is 11.8. The lowest BCUT2D eigenvalue weighted by Gasteiger charge is -2.40. The van der Waals surface area contributed by atoms with Crippen molar-refractivity contribution >= 4 is 20.7 Å². The molecule has 0 rings (SSSR count). The van der Waals surface area contributed by atoms with Gasteiger partial charge in [0.15, 0.2) is 8.32 Å². The summed E-state index contributed by atoms with van der Waals surface area (Å²) in [6.07, 6.45) is 4.20. The quantitative estimate of drug-likeness (QED) is 0.319. The van der Waals surface area contributed by atoms with Gasteiger partial charge >= 0.3 is 6.09 Å². The highest BCUT2D eigenvalue weighted by molar-refractivity contribution is 6.74. The Morgan fingerprint density at radius 1 is 1.07 bits per heavy atom. The summed E-state index contributed by atoms with van der Waals surface area (Å²) in [7, 11) is -2.01. The number of hydrogen-bond donors (Lipinski definition) is 1. The average Bonchev–Trinajstić information content (AvgIpc) is 2.52. The van der Waals surface area contributed by atoms with E-state index in [4.69, 9.17) is 9.16 Å². The molecule has 0 aromatic rings. The zero-order chi connectivity index (χ0) is 22.3. The highest BCUT2D eigenvalue weighted by Crippen LogP contribution is 2.38. The fraction of sp³-hybridized carbons (Fsp3) is 0.727. The van der Waals surface area contributed by atoms with Crippen molar-refractivity contribution in [1.29, 1.82) is 0 Å². The highest BCUT2D eigenvalue weighted by atomic mass is 28.4. The van der Waals surface area contributed by atoms with Crippen LogP contribution >= 0.6 is 0 Å². The lowest BCUT2D eigenvalue weighted by Crippen LogP contribution is -2.46. The third-order valence-corrected chi connectivity index (χ3v) is 9.37. The van der Waals surface area contributed by atoms with E-state index in [9.17, 15) is 9.59 Å². The second kappa shape index (κ2) is 10.4. The summed E-state index contributed by atoms with van der Waals surface area (Å²) in [5.74, 6) is -0.223. The Balaban J connectivity index is 5.20. The molecule has 28 heavy (non-hydrogen) atoms. The Morgan fingerprint density at radius 2 is 1.61 bits per heavy atom. The van der Waals surface area contributed by atoms with Crippen molar-refractivity contribution in [2.45, 2.75) is 92.2 Å². The second-order valence-electron chi connectivity index (χ2n) is 10.1. The van der Waals surface area contributed by atoms with E-state index in [0.717, 1.165) is 17.4 Å². The van der Waals surface area contributed by atoms with Crippen LogP contribution in [0.5, 0.6) is 0 Å². The zero-order valence-corrected chi connectivity index (χ0v) is 20.7. The van der Waals surface area contributed by atoms with E-state index in [2.05, 4.69) is 39.2 Å². The van der Waals surface area contributed by atoms with Gasteiger partial charge in [-0.15, -0.1) is 0 Å². The number of amides is 1. The van der Waals surface area contributed by atoms with Gasteiger partial charge in [-0.25, -0.2) is 4.79 Å². The third kappa shape index (κ3) is 9.69. The molecule has 0 spiro atoms. The number of hydrogen-bond acceptors (Lipinski definition) is 4. The molecule has 0 saturated carbocycles. The van der Waals surface area contributed by atoms with E-state index in [-0.39, 0.29) is 17.1 Å². The van der Waals surface area contributed by atoms with Crippen LogP contribution in [0.4, 0.5) is 4.79 Å². The minimum absolute atomic E-state index is 0.0667. The van der Waals surface area contributed by atoms with Crippen LogP contribution in [0.2, 0.25) is 18.1 Å². The first-order chi connectivity index (χ1) is 12.5. The van der Waals surface area contributed by atoms with Gasteiger partial charge in [0.1, 0.15) is 11.9 Å². The van der Waals surface area contributed by atoms with Gasteiger partial charge in [0.2, 0.25) is 0 Å². The van der Waals surface area contributed by atoms with E-state index in [0.29, 0.717) is 6.54 Å². The summed E-state index contributed by atoms with van der Waals surface area (Å²) >= 11 is 0. The Morgan fingerprint density at radius 3 is 2.04 bits per heavy atom. The maximum Gasteiger partial charge on any atom is 0.407 e. The number of allylic oxidation sites excluding steroid dienone is 2. The Bertz CT molecular complexity index is 595. The predicted octanol–water partition coefficient (Wildman–Crippen LogP) is 5.63. The fourth-order valence-corrected chi connectivity index (χ4v) is 3.52. The summed E-state index contributed by atoms with van der Waals surface area (Å²) < 4.78 is 11.8. The SMILES string of the molecule is C/C(=C\C=C(/C)[C@@H](O[Si](C)(C)C(C)(C)C)[C@H](C)C=O)CNC(=O)OC(C)(C)C. The summed E-state index contributed by atoms with van der Waals surface area (Å²) in [5.41, 5.74) is 1.47. The molecule has 2 atom stereocenters. The standard InChI is InChI=1S/C22H41NO4Si/c1-16(14-23-20(25)26-21(4,5)6)12-13-17(2)19(18(3)15-24)27-28(10,11)22(7,8)9/h12-13,15,18-19H,14H2,1-11H3,(H,23,25)/b16-12+,17-13+/t18-,19-/m1/s1. The van der Waals surface area contributed by atoms with E-state index in [1.807, 2.05) is 53.7 Å². The number of ether oxygens (including phenoxy) is 1. The van der Waals surface area contributed by atoms with Crippen molar-refractivity contribution in [3.63, 3.8) is 0 Å². The van der Waals surface area contributed by atoms with Gasteiger partial charge in [0.25, 0.3) is 0 Å². The zero-order valence-electron chi connectivity index (χ0n) is 19.7. The molecule has 0 aromatic carbocycles. The van der Waals surface area contributed by atoms with Gasteiger partial charge in [-0.2, -0.15) is 0 Å². The monoisotopic (exact) mass is 411 g/mol. The van der Waals surface area contributed by atoms with Crippen LogP contribution in [0.25, 0.3) is 0 Å². The van der Waals surface area contributed by atoms with Gasteiger partial charge in [0.05, 0.1) is 6.10 Å². The summed E-state index contributed by atoms with van der Waals surface area (Å²) in [6.45, 7) is 22.7. The van der Waals surface area contributed by atoms with Crippen LogP contribution in [0.15, 0.2) is 23.3 Å². The number of nitrogens with one attached hydrogen (secondary N) is 1. The van der Waals surface area contributed by atoms with E-state index in [1.54, 1.807) is 0 Å². The van der Waals surface area contributed by atoms with Crippen LogP contribution in [0.3, 0.4) is 0 Å². The highest BCUT2D eigenvalue weighted by Gasteiger charge is 2.40. The molecule has 0 aromatic heterocycles. The lowest BCUT2D eigenvalue weighted by molar-refractivity contribution is -0.112. The minimum Gasteiger partial charge on any atom is -0.444 e. The lowest BCUT2D eigenvalue weighted by atomic mass is 9.99. The molecule has 1 amide bonds. The molecule has 162 valence electrons. The van der Waals surface area contributed by atoms with Gasteiger partial charge < -0.3 is 19.3 Å². The third-order valence-electron chi connectivity index (χ3n) is 4.91. The molecule has 5 nitrogen and oxygen atoms in total.